The molecule has 0 spiro atoms. The molecule has 37 heavy (non-hydrogen) atoms. The van der Waals surface area contributed by atoms with E-state index in [1.54, 1.807) is 19.2 Å². The minimum absolute atomic E-state index is 0.0360. The smallest absolute Gasteiger partial charge is 0.163 e. The summed E-state index contributed by atoms with van der Waals surface area (Å²) in [5, 5.41) is 0. The highest BCUT2D eigenvalue weighted by molar-refractivity contribution is 5.99. The van der Waals surface area contributed by atoms with Crippen LogP contribution >= 0.6 is 0 Å². The third-order valence-electron chi connectivity index (χ3n) is 6.50. The Morgan fingerprint density at radius 1 is 1.16 bits per heavy atom. The minimum atomic E-state index is -0.0360. The molecule has 2 aliphatic rings. The average Bonchev–Trinajstić information content (AvgIpc) is 2.90. The highest BCUT2D eigenvalue weighted by Crippen LogP contribution is 2.27. The van der Waals surface area contributed by atoms with E-state index in [-0.39, 0.29) is 5.78 Å². The zero-order chi connectivity index (χ0) is 27.2. The number of benzene rings is 1. The highest BCUT2D eigenvalue weighted by atomic mass is 16.5. The molecule has 3 rings (SSSR count). The van der Waals surface area contributed by atoms with Crippen LogP contribution in [-0.2, 0) is 20.9 Å². The van der Waals surface area contributed by atoms with Gasteiger partial charge in [0.15, 0.2) is 11.5 Å². The Hall–Kier alpha value is -3.18. The first kappa shape index (κ1) is 30.0. The Labute approximate surface area is 224 Å². The number of rotatable bonds is 8. The van der Waals surface area contributed by atoms with Crippen molar-refractivity contribution in [1.29, 1.82) is 0 Å². The van der Waals surface area contributed by atoms with Crippen molar-refractivity contribution in [3.05, 3.63) is 96.0 Å². The van der Waals surface area contributed by atoms with E-state index < -0.39 is 0 Å². The number of amidine groups is 1. The largest absolute Gasteiger partial charge is 0.489 e. The third-order valence-corrected chi connectivity index (χ3v) is 6.50. The molecule has 1 aliphatic carbocycles. The number of Topliss-reactive ketones (excluding diaryl/α,β-unsaturated/α-hetero) is 1. The van der Waals surface area contributed by atoms with Crippen LogP contribution in [0.5, 0.6) is 0 Å². The van der Waals surface area contributed by atoms with Crippen LogP contribution in [-0.4, -0.2) is 42.8 Å². The molecule has 0 bridgehead atoms. The molecule has 1 aromatic rings. The summed E-state index contributed by atoms with van der Waals surface area (Å²) >= 11 is 0. The second kappa shape index (κ2) is 15.8. The van der Waals surface area contributed by atoms with E-state index in [9.17, 15) is 4.79 Å². The number of carbonyl (C=O) groups is 1. The van der Waals surface area contributed by atoms with Crippen molar-refractivity contribution >= 4 is 11.6 Å². The van der Waals surface area contributed by atoms with Crippen molar-refractivity contribution in [1.82, 2.24) is 4.90 Å². The number of ether oxygens (including phenoxy) is 2. The van der Waals surface area contributed by atoms with Crippen LogP contribution in [0.2, 0.25) is 0 Å². The van der Waals surface area contributed by atoms with Crippen molar-refractivity contribution in [3.63, 3.8) is 0 Å². The number of carbonyl (C=O) groups excluding carboxylic acids is 1. The van der Waals surface area contributed by atoms with Crippen molar-refractivity contribution in [2.75, 3.05) is 20.2 Å². The van der Waals surface area contributed by atoms with Gasteiger partial charge < -0.3 is 14.4 Å². The Balaban J connectivity index is 0.000000278. The van der Waals surface area contributed by atoms with Crippen LogP contribution in [0.4, 0.5) is 0 Å². The lowest BCUT2D eigenvalue weighted by atomic mass is 9.89. The number of ketones is 1. The van der Waals surface area contributed by atoms with Gasteiger partial charge in [-0.05, 0) is 70.1 Å². The van der Waals surface area contributed by atoms with Gasteiger partial charge in [-0.25, -0.2) is 0 Å². The second-order valence-corrected chi connectivity index (χ2v) is 9.62. The molecule has 1 aromatic carbocycles. The fourth-order valence-corrected chi connectivity index (χ4v) is 4.39. The van der Waals surface area contributed by atoms with Gasteiger partial charge in [0.05, 0.1) is 30.5 Å². The van der Waals surface area contributed by atoms with Crippen molar-refractivity contribution in [2.45, 2.75) is 66.1 Å². The zero-order valence-corrected chi connectivity index (χ0v) is 23.3. The lowest BCUT2D eigenvalue weighted by Gasteiger charge is -2.32. The maximum absolute atomic E-state index is 11.8. The summed E-state index contributed by atoms with van der Waals surface area (Å²) in [6, 6.07) is 10.5. The first-order valence-corrected chi connectivity index (χ1v) is 13.2. The molecule has 1 saturated carbocycles. The maximum Gasteiger partial charge on any atom is 0.163 e. The lowest BCUT2D eigenvalue weighted by Crippen LogP contribution is -2.37. The Bertz CT molecular complexity index is 1030. The Morgan fingerprint density at radius 2 is 1.84 bits per heavy atom. The quantitative estimate of drug-likeness (QED) is 0.163. The highest BCUT2D eigenvalue weighted by Gasteiger charge is 2.25. The summed E-state index contributed by atoms with van der Waals surface area (Å²) in [7, 11) is 1.73. The van der Waals surface area contributed by atoms with E-state index in [4.69, 9.17) is 9.47 Å². The first-order valence-electron chi connectivity index (χ1n) is 13.2. The molecule has 0 unspecified atom stereocenters. The van der Waals surface area contributed by atoms with Crippen LogP contribution in [0.15, 0.2) is 95.4 Å². The van der Waals surface area contributed by atoms with Crippen LogP contribution in [0.25, 0.3) is 0 Å². The molecule has 1 aliphatic heterocycles. The first-order chi connectivity index (χ1) is 17.8. The van der Waals surface area contributed by atoms with Gasteiger partial charge >= 0.3 is 0 Å². The molecule has 5 heteroatoms. The van der Waals surface area contributed by atoms with E-state index in [0.717, 1.165) is 29.6 Å². The molecule has 5 nitrogen and oxygen atoms in total. The van der Waals surface area contributed by atoms with E-state index in [0.29, 0.717) is 30.6 Å². The molecule has 0 atom stereocenters. The van der Waals surface area contributed by atoms with Gasteiger partial charge in [-0.3, -0.25) is 9.79 Å². The van der Waals surface area contributed by atoms with Crippen LogP contribution in [0, 0.1) is 5.92 Å². The van der Waals surface area contributed by atoms with Gasteiger partial charge in [-0.15, -0.1) is 0 Å². The predicted octanol–water partition coefficient (Wildman–Crippen LogP) is 7.19. The summed E-state index contributed by atoms with van der Waals surface area (Å²) in [6.07, 6.45) is 12.9. The van der Waals surface area contributed by atoms with Gasteiger partial charge in [-0.2, -0.15) is 0 Å². The topological polar surface area (TPSA) is 51.1 Å². The SMILES string of the molecule is C=CC1=C(/C(=C\C)C(C)=O)OCCN1C(/C=C\C(=C)C)=NC.CC1CCC(OCc2ccccc2)CC1. The van der Waals surface area contributed by atoms with Crippen LogP contribution in [0.3, 0.4) is 0 Å². The van der Waals surface area contributed by atoms with E-state index in [2.05, 4.69) is 49.3 Å². The van der Waals surface area contributed by atoms with E-state index in [1.807, 2.05) is 37.0 Å². The monoisotopic (exact) mass is 504 g/mol. The summed E-state index contributed by atoms with van der Waals surface area (Å²) in [5.41, 5.74) is 3.54. The number of aliphatic imine (C=N–C) groups is 1. The normalized spacial score (nSPS) is 20.7. The standard InChI is InChI=1S/C18H24N2O2.C14H20O/c1-7-15(14(5)21)18-16(8-2)20(11-12-22-18)17(19-6)10-9-13(3)4;1-12-7-9-14(10-8-12)15-11-13-5-3-2-4-6-13/h7-10H,2-3,11-12H2,1,4-6H3;2-6,12,14H,7-11H2,1H3/b10-9-,15-7-,19-17?;. The molecule has 200 valence electrons. The Kier molecular flexibility index (Phi) is 12.9. The summed E-state index contributed by atoms with van der Waals surface area (Å²) in [6.45, 7) is 17.2. The molecule has 0 amide bonds. The maximum atomic E-state index is 11.8. The number of allylic oxidation sites excluding steroid dienone is 5. The summed E-state index contributed by atoms with van der Waals surface area (Å²) in [4.78, 5) is 18.1. The molecule has 0 radical (unpaired) electrons. The Morgan fingerprint density at radius 3 is 2.38 bits per heavy atom. The molecule has 0 saturated heterocycles. The van der Waals surface area contributed by atoms with Crippen LogP contribution in [0.1, 0.15) is 58.9 Å². The number of hydrogen-bond acceptors (Lipinski definition) is 4. The van der Waals surface area contributed by atoms with E-state index in [1.165, 1.54) is 38.2 Å². The molecule has 1 fully saturated rings. The van der Waals surface area contributed by atoms with Gasteiger partial charge in [0.1, 0.15) is 12.4 Å². The van der Waals surface area contributed by atoms with Gasteiger partial charge in [0.2, 0.25) is 0 Å². The van der Waals surface area contributed by atoms with Crippen LogP contribution < -0.4 is 0 Å². The van der Waals surface area contributed by atoms with Gasteiger partial charge in [0, 0.05) is 7.05 Å². The number of nitrogens with zero attached hydrogens (tertiary/aromatic N) is 2. The summed E-state index contributed by atoms with van der Waals surface area (Å²) in [5.74, 6) is 2.20. The van der Waals surface area contributed by atoms with Crippen molar-refractivity contribution in [3.8, 4) is 0 Å². The van der Waals surface area contributed by atoms with Gasteiger partial charge in [-0.1, -0.05) is 68.1 Å². The summed E-state index contributed by atoms with van der Waals surface area (Å²) < 4.78 is 11.6. The lowest BCUT2D eigenvalue weighted by molar-refractivity contribution is -0.113. The minimum Gasteiger partial charge on any atom is -0.489 e. The van der Waals surface area contributed by atoms with E-state index >= 15 is 0 Å². The van der Waals surface area contributed by atoms with Crippen molar-refractivity contribution < 1.29 is 14.3 Å². The number of hydrogen-bond donors (Lipinski definition) is 0. The fourth-order valence-electron chi connectivity index (χ4n) is 4.39. The predicted molar refractivity (Wildman–Crippen MR) is 154 cm³/mol. The molecule has 1 heterocycles. The van der Waals surface area contributed by atoms with Gasteiger partial charge in [0.25, 0.3) is 0 Å². The fraction of sp³-hybridized carbons (Fsp3) is 0.438. The van der Waals surface area contributed by atoms with Crippen molar-refractivity contribution in [2.24, 2.45) is 10.9 Å². The average molecular weight is 505 g/mol. The molecular formula is C32H44N2O3. The third kappa shape index (κ3) is 9.66. The molecule has 0 aromatic heterocycles. The zero-order valence-electron chi connectivity index (χ0n) is 23.3. The molecule has 0 N–H and O–H groups in total. The molecular weight excluding hydrogens is 460 g/mol. The second-order valence-electron chi connectivity index (χ2n) is 9.62.